The van der Waals surface area contributed by atoms with Crippen LogP contribution in [0.1, 0.15) is 37.5 Å². The molecule has 0 saturated carbocycles. The summed E-state index contributed by atoms with van der Waals surface area (Å²) in [5, 5.41) is 40.0. The van der Waals surface area contributed by atoms with Crippen molar-refractivity contribution in [2.24, 2.45) is 0 Å². The maximum Gasteiger partial charge on any atom is 0.354 e. The monoisotopic (exact) mass is 702 g/mol. The Balaban J connectivity index is 1.33. The van der Waals surface area contributed by atoms with Gasteiger partial charge < -0.3 is 30.4 Å². The molecule has 5 N–H and O–H groups in total. The highest BCUT2D eigenvalue weighted by Crippen LogP contribution is 2.45. The van der Waals surface area contributed by atoms with Crippen LogP contribution in [0.25, 0.3) is 55.2 Å². The highest BCUT2D eigenvalue weighted by atomic mass is 16.4. The topological polar surface area (TPSA) is 175 Å². The molecule has 6 aromatic rings. The maximum absolute atomic E-state index is 13.7. The largest absolute Gasteiger partial charge is 0.507 e. The molecule has 0 spiro atoms. The van der Waals surface area contributed by atoms with E-state index < -0.39 is 11.9 Å². The minimum absolute atomic E-state index is 0.00163. The van der Waals surface area contributed by atoms with Crippen LogP contribution < -0.4 is 16.1 Å². The molecule has 1 aliphatic heterocycles. The van der Waals surface area contributed by atoms with Crippen LogP contribution in [-0.4, -0.2) is 37.2 Å². The number of aromatic nitrogens is 2. The number of benzene rings is 5. The second-order valence-electron chi connectivity index (χ2n) is 12.7. The SMILES string of the molecule is Cc1ccc(C(=O)O)c(-c2c3ccc(=O)c(CNc4cccc5cccnc45)c-3oc3c(CNc4cccc5ccc(C(=O)O)nc45)c(O)ccc23)c1. The number of fused-ring (bicyclic) bond motifs is 4. The van der Waals surface area contributed by atoms with Crippen molar-refractivity contribution in [2.45, 2.75) is 20.0 Å². The van der Waals surface area contributed by atoms with Gasteiger partial charge in [0.25, 0.3) is 0 Å². The van der Waals surface area contributed by atoms with E-state index in [2.05, 4.69) is 20.6 Å². The van der Waals surface area contributed by atoms with Gasteiger partial charge in [-0.1, -0.05) is 54.1 Å². The molecule has 0 bridgehead atoms. The van der Waals surface area contributed by atoms with Crippen LogP contribution in [0.2, 0.25) is 0 Å². The Bertz CT molecular complexity index is 2810. The van der Waals surface area contributed by atoms with E-state index in [1.165, 1.54) is 18.2 Å². The van der Waals surface area contributed by atoms with Crippen LogP contribution in [-0.2, 0) is 13.1 Å². The highest BCUT2D eigenvalue weighted by molar-refractivity contribution is 6.09. The lowest BCUT2D eigenvalue weighted by molar-refractivity contribution is 0.0683. The first kappa shape index (κ1) is 32.9. The number of carbonyl (C=O) groups is 2. The van der Waals surface area contributed by atoms with Crippen molar-refractivity contribution in [3.8, 4) is 28.2 Å². The molecule has 1 aliphatic carbocycles. The van der Waals surface area contributed by atoms with Gasteiger partial charge in [0.15, 0.2) is 5.43 Å². The molecule has 260 valence electrons. The molecule has 0 radical (unpaired) electrons. The van der Waals surface area contributed by atoms with Gasteiger partial charge in [-0.05, 0) is 67.1 Å². The number of aromatic carboxylic acids is 2. The quantitative estimate of drug-likeness (QED) is 0.0915. The summed E-state index contributed by atoms with van der Waals surface area (Å²) in [6, 6.07) is 29.3. The number of hydrogen-bond acceptors (Lipinski definition) is 9. The zero-order valence-corrected chi connectivity index (χ0v) is 28.2. The summed E-state index contributed by atoms with van der Waals surface area (Å²) in [4.78, 5) is 46.9. The highest BCUT2D eigenvalue weighted by Gasteiger charge is 2.27. The smallest absolute Gasteiger partial charge is 0.354 e. The van der Waals surface area contributed by atoms with E-state index in [1.54, 1.807) is 54.7 Å². The van der Waals surface area contributed by atoms with Crippen LogP contribution in [0.15, 0.2) is 119 Å². The summed E-state index contributed by atoms with van der Waals surface area (Å²) in [6.45, 7) is 1.92. The standard InChI is InChI=1S/C42H30N4O7/c1-22-10-12-25(41(49)50)28(19-22)36-26-13-16-34(47)29(20-44-31-8-2-5-23-7-4-18-43-37(23)31)39(26)53-40-27(36)14-17-35(48)30(40)21-45-32-9-3-6-24-11-15-33(42(51)52)46-38(24)32/h2-19,44-45,48H,20-21H2,1H3,(H,49,50)(H,51,52). The van der Waals surface area contributed by atoms with E-state index in [4.69, 9.17) is 4.42 Å². The Kier molecular flexibility index (Phi) is 8.15. The van der Waals surface area contributed by atoms with Gasteiger partial charge >= 0.3 is 11.9 Å². The average Bonchev–Trinajstić information content (AvgIpc) is 3.16. The van der Waals surface area contributed by atoms with Crippen molar-refractivity contribution in [1.29, 1.82) is 0 Å². The van der Waals surface area contributed by atoms with Gasteiger partial charge in [-0.2, -0.15) is 0 Å². The number of phenols is 1. The number of nitrogens with zero attached hydrogens (tertiary/aromatic N) is 2. The minimum Gasteiger partial charge on any atom is -0.507 e. The molecule has 8 rings (SSSR count). The van der Waals surface area contributed by atoms with Crippen LogP contribution in [0.3, 0.4) is 0 Å². The molecule has 11 nitrogen and oxygen atoms in total. The summed E-state index contributed by atoms with van der Waals surface area (Å²) in [5.41, 5.74) is 5.16. The Morgan fingerprint density at radius 3 is 2.21 bits per heavy atom. The molecular weight excluding hydrogens is 672 g/mol. The van der Waals surface area contributed by atoms with Crippen molar-refractivity contribution in [2.75, 3.05) is 10.6 Å². The van der Waals surface area contributed by atoms with E-state index in [0.717, 1.165) is 16.5 Å². The Morgan fingerprint density at radius 2 is 1.45 bits per heavy atom. The molecule has 2 aliphatic rings. The second kappa shape index (κ2) is 13.1. The first-order chi connectivity index (χ1) is 25.7. The summed E-state index contributed by atoms with van der Waals surface area (Å²) >= 11 is 0. The number of pyridine rings is 2. The molecule has 0 amide bonds. The Labute approximate surface area is 301 Å². The van der Waals surface area contributed by atoms with Crippen molar-refractivity contribution in [3.63, 3.8) is 0 Å². The number of carboxylic acids is 2. The lowest BCUT2D eigenvalue weighted by atomic mass is 9.87. The number of aryl methyl sites for hydroxylation is 1. The van der Waals surface area contributed by atoms with Crippen LogP contribution in [0, 0.1) is 6.92 Å². The van der Waals surface area contributed by atoms with E-state index in [1.807, 2.05) is 43.3 Å². The number of phenolic OH excluding ortho intramolecular Hbond substituents is 1. The first-order valence-corrected chi connectivity index (χ1v) is 16.7. The number of hydrogen-bond donors (Lipinski definition) is 5. The lowest BCUT2D eigenvalue weighted by Crippen LogP contribution is -2.15. The van der Waals surface area contributed by atoms with Gasteiger partial charge in [0.05, 0.1) is 39.1 Å². The van der Waals surface area contributed by atoms with Crippen molar-refractivity contribution in [1.82, 2.24) is 9.97 Å². The fraction of sp³-hybridized carbons (Fsp3) is 0.0714. The molecule has 0 saturated heterocycles. The number of anilines is 2. The fourth-order valence-electron chi connectivity index (χ4n) is 6.80. The van der Waals surface area contributed by atoms with Crippen molar-refractivity contribution in [3.05, 3.63) is 147 Å². The van der Waals surface area contributed by atoms with Crippen molar-refractivity contribution >= 4 is 56.1 Å². The average molecular weight is 703 g/mol. The molecule has 0 unspecified atom stereocenters. The minimum atomic E-state index is -1.16. The molecule has 11 heteroatoms. The first-order valence-electron chi connectivity index (χ1n) is 16.7. The van der Waals surface area contributed by atoms with Gasteiger partial charge in [0.2, 0.25) is 0 Å². The molecule has 53 heavy (non-hydrogen) atoms. The Hall–Kier alpha value is -7.27. The number of nitrogens with one attached hydrogen (secondary N) is 2. The number of aromatic hydroxyl groups is 1. The van der Waals surface area contributed by atoms with Crippen LogP contribution in [0.4, 0.5) is 11.4 Å². The van der Waals surface area contributed by atoms with Gasteiger partial charge in [0, 0.05) is 46.6 Å². The van der Waals surface area contributed by atoms with Crippen LogP contribution >= 0.6 is 0 Å². The second-order valence-corrected chi connectivity index (χ2v) is 12.7. The molecule has 2 aromatic heterocycles. The molecule has 0 fully saturated rings. The third-order valence-electron chi connectivity index (χ3n) is 9.35. The van der Waals surface area contributed by atoms with Gasteiger partial charge in [0.1, 0.15) is 22.8 Å². The summed E-state index contributed by atoms with van der Waals surface area (Å²) in [5.74, 6) is -2.18. The number of carboxylic acid groups (broad SMARTS) is 2. The number of para-hydroxylation sites is 2. The fourth-order valence-corrected chi connectivity index (χ4v) is 6.80. The van der Waals surface area contributed by atoms with Gasteiger partial charge in [-0.15, -0.1) is 0 Å². The van der Waals surface area contributed by atoms with E-state index >= 15 is 0 Å². The number of rotatable bonds is 9. The van der Waals surface area contributed by atoms with E-state index in [-0.39, 0.29) is 46.9 Å². The summed E-state index contributed by atoms with van der Waals surface area (Å²) < 4.78 is 6.67. The predicted molar refractivity (Wildman–Crippen MR) is 203 cm³/mol. The predicted octanol–water partition coefficient (Wildman–Crippen LogP) is 8.30. The summed E-state index contributed by atoms with van der Waals surface area (Å²) in [7, 11) is 0. The zero-order chi connectivity index (χ0) is 36.8. The summed E-state index contributed by atoms with van der Waals surface area (Å²) in [6.07, 6.45) is 1.70. The van der Waals surface area contributed by atoms with Gasteiger partial charge in [-0.3, -0.25) is 9.78 Å². The maximum atomic E-state index is 13.7. The van der Waals surface area contributed by atoms with Gasteiger partial charge in [-0.25, -0.2) is 14.6 Å². The lowest BCUT2D eigenvalue weighted by Gasteiger charge is -2.21. The molecule has 0 atom stereocenters. The normalized spacial score (nSPS) is 11.3. The third-order valence-corrected chi connectivity index (χ3v) is 9.35. The third kappa shape index (κ3) is 5.89. The Morgan fingerprint density at radius 1 is 0.736 bits per heavy atom. The molecular formula is C42H30N4O7. The van der Waals surface area contributed by atoms with Crippen molar-refractivity contribution < 1.29 is 29.3 Å². The molecule has 3 heterocycles. The van der Waals surface area contributed by atoms with E-state index in [9.17, 15) is 29.7 Å². The van der Waals surface area contributed by atoms with Crippen LogP contribution in [0.5, 0.6) is 5.75 Å². The zero-order valence-electron chi connectivity index (χ0n) is 28.2. The molecule has 4 aromatic carbocycles. The van der Waals surface area contributed by atoms with E-state index in [0.29, 0.717) is 55.5 Å².